The Bertz CT molecular complexity index is 304. The molecule has 0 aliphatic carbocycles. The molecule has 0 aromatic carbocycles. The summed E-state index contributed by atoms with van der Waals surface area (Å²) in [5.41, 5.74) is 0. The summed E-state index contributed by atoms with van der Waals surface area (Å²) in [4.78, 5) is 17.4. The molecule has 6 heteroatoms. The molecule has 2 N–H and O–H groups in total. The average molecular weight is 300 g/mol. The molecule has 0 aliphatic rings. The predicted octanol–water partition coefficient (Wildman–Crippen LogP) is 1.08. The molecule has 124 valence electrons. The molecule has 0 atom stereocenters. The summed E-state index contributed by atoms with van der Waals surface area (Å²) >= 11 is 0. The number of guanidine groups is 1. The van der Waals surface area contributed by atoms with Crippen molar-refractivity contribution in [2.24, 2.45) is 10.9 Å². The minimum atomic E-state index is -0.0132. The van der Waals surface area contributed by atoms with Gasteiger partial charge in [-0.15, -0.1) is 0 Å². The molecule has 0 fully saturated rings. The molecule has 0 heterocycles. The number of rotatable bonds is 10. The second-order valence-corrected chi connectivity index (χ2v) is 5.60. The monoisotopic (exact) mass is 300 g/mol. The maximum Gasteiger partial charge on any atom is 0.243 e. The third-order valence-electron chi connectivity index (χ3n) is 2.79. The molecule has 0 unspecified atom stereocenters. The lowest BCUT2D eigenvalue weighted by Crippen LogP contribution is -2.40. The van der Waals surface area contributed by atoms with Gasteiger partial charge in [-0.05, 0) is 18.8 Å². The fraction of sp³-hybridized carbons (Fsp3) is 0.867. The van der Waals surface area contributed by atoms with Gasteiger partial charge < -0.3 is 20.3 Å². The Morgan fingerprint density at radius 2 is 1.86 bits per heavy atom. The van der Waals surface area contributed by atoms with Crippen LogP contribution >= 0.6 is 0 Å². The van der Waals surface area contributed by atoms with Crippen LogP contribution in [0.1, 0.15) is 33.6 Å². The first kappa shape index (κ1) is 19.7. The molecule has 0 bridgehead atoms. The van der Waals surface area contributed by atoms with Crippen molar-refractivity contribution in [1.82, 2.24) is 15.5 Å². The first-order valence-corrected chi connectivity index (χ1v) is 7.77. The summed E-state index contributed by atoms with van der Waals surface area (Å²) in [7, 11) is 3.46. The third-order valence-corrected chi connectivity index (χ3v) is 2.79. The zero-order chi connectivity index (χ0) is 16.1. The molecular weight excluding hydrogens is 268 g/mol. The number of aliphatic imine (C=N–C) groups is 1. The largest absolute Gasteiger partial charge is 0.380 e. The second-order valence-electron chi connectivity index (χ2n) is 5.60. The Labute approximate surface area is 129 Å². The molecule has 0 aromatic rings. The Morgan fingerprint density at radius 3 is 2.43 bits per heavy atom. The number of hydrogen-bond acceptors (Lipinski definition) is 3. The summed E-state index contributed by atoms with van der Waals surface area (Å²) in [5, 5.41) is 6.37. The van der Waals surface area contributed by atoms with Crippen molar-refractivity contribution >= 4 is 11.9 Å². The Hall–Kier alpha value is -1.30. The average Bonchev–Trinajstić information content (AvgIpc) is 2.43. The maximum atomic E-state index is 11.5. The smallest absolute Gasteiger partial charge is 0.243 e. The lowest BCUT2D eigenvalue weighted by Gasteiger charge is -2.13. The normalized spacial score (nSPS) is 11.6. The van der Waals surface area contributed by atoms with Crippen LogP contribution in [0.5, 0.6) is 0 Å². The number of ether oxygens (including phenoxy) is 1. The summed E-state index contributed by atoms with van der Waals surface area (Å²) < 4.78 is 5.54. The van der Waals surface area contributed by atoms with Gasteiger partial charge >= 0.3 is 0 Å². The zero-order valence-electron chi connectivity index (χ0n) is 14.2. The predicted molar refractivity (Wildman–Crippen MR) is 87.6 cm³/mol. The van der Waals surface area contributed by atoms with Crippen LogP contribution in [0.4, 0.5) is 0 Å². The second kappa shape index (κ2) is 12.4. The molecule has 1 amide bonds. The Morgan fingerprint density at radius 1 is 1.19 bits per heavy atom. The summed E-state index contributed by atoms with van der Waals surface area (Å²) in [5.74, 6) is 1.32. The van der Waals surface area contributed by atoms with Gasteiger partial charge in [-0.25, -0.2) is 4.99 Å². The van der Waals surface area contributed by atoms with E-state index in [0.717, 1.165) is 26.0 Å². The molecule has 0 saturated carbocycles. The van der Waals surface area contributed by atoms with Crippen molar-refractivity contribution in [3.8, 4) is 0 Å². The highest BCUT2D eigenvalue weighted by Crippen LogP contribution is 1.98. The molecule has 0 saturated heterocycles. The van der Waals surface area contributed by atoms with E-state index in [1.165, 1.54) is 4.90 Å². The van der Waals surface area contributed by atoms with Crippen LogP contribution in [0, 0.1) is 5.92 Å². The zero-order valence-corrected chi connectivity index (χ0v) is 14.2. The maximum absolute atomic E-state index is 11.5. The SMILES string of the molecule is CCCNC(=NCC(=O)N(C)C)NCCOCCC(C)C. The van der Waals surface area contributed by atoms with E-state index in [-0.39, 0.29) is 12.5 Å². The van der Waals surface area contributed by atoms with E-state index in [0.29, 0.717) is 25.0 Å². The van der Waals surface area contributed by atoms with Crippen LogP contribution in [0.15, 0.2) is 4.99 Å². The van der Waals surface area contributed by atoms with Crippen molar-refractivity contribution in [2.75, 3.05) is 46.9 Å². The van der Waals surface area contributed by atoms with E-state index in [4.69, 9.17) is 4.74 Å². The Kier molecular flexibility index (Phi) is 11.7. The lowest BCUT2D eigenvalue weighted by atomic mass is 10.1. The van der Waals surface area contributed by atoms with Gasteiger partial charge in [0.25, 0.3) is 0 Å². The minimum absolute atomic E-state index is 0.0132. The topological polar surface area (TPSA) is 66.0 Å². The van der Waals surface area contributed by atoms with Crippen LogP contribution in [-0.4, -0.2) is 63.7 Å². The van der Waals surface area contributed by atoms with Gasteiger partial charge in [0.2, 0.25) is 5.91 Å². The van der Waals surface area contributed by atoms with Crippen molar-refractivity contribution in [2.45, 2.75) is 33.6 Å². The first-order valence-electron chi connectivity index (χ1n) is 7.77. The van der Waals surface area contributed by atoms with Gasteiger partial charge in [-0.3, -0.25) is 4.79 Å². The summed E-state index contributed by atoms with van der Waals surface area (Å²) in [6, 6.07) is 0. The van der Waals surface area contributed by atoms with Crippen LogP contribution in [-0.2, 0) is 9.53 Å². The Balaban J connectivity index is 4.00. The van der Waals surface area contributed by atoms with Crippen molar-refractivity contribution in [3.05, 3.63) is 0 Å². The van der Waals surface area contributed by atoms with E-state index in [9.17, 15) is 4.79 Å². The highest BCUT2D eigenvalue weighted by Gasteiger charge is 2.04. The standard InChI is InChI=1S/C15H32N4O2/c1-6-8-16-15(18-12-14(20)19(4)5)17-9-11-21-10-7-13(2)3/h13H,6-12H2,1-5H3,(H2,16,17,18). The number of carbonyl (C=O) groups is 1. The molecule has 0 radical (unpaired) electrons. The number of nitrogens with one attached hydrogen (secondary N) is 2. The van der Waals surface area contributed by atoms with Gasteiger partial charge in [0.15, 0.2) is 5.96 Å². The van der Waals surface area contributed by atoms with Crippen LogP contribution in [0.25, 0.3) is 0 Å². The summed E-state index contributed by atoms with van der Waals surface area (Å²) in [6.45, 7) is 9.55. The van der Waals surface area contributed by atoms with Gasteiger partial charge in [-0.2, -0.15) is 0 Å². The number of carbonyl (C=O) groups excluding carboxylic acids is 1. The molecule has 6 nitrogen and oxygen atoms in total. The third kappa shape index (κ3) is 12.2. The number of hydrogen-bond donors (Lipinski definition) is 2. The van der Waals surface area contributed by atoms with Crippen molar-refractivity contribution < 1.29 is 9.53 Å². The molecule has 0 aliphatic heterocycles. The van der Waals surface area contributed by atoms with E-state index < -0.39 is 0 Å². The summed E-state index contributed by atoms with van der Waals surface area (Å²) in [6.07, 6.45) is 2.08. The highest BCUT2D eigenvalue weighted by atomic mass is 16.5. The quantitative estimate of drug-likeness (QED) is 0.360. The van der Waals surface area contributed by atoms with Gasteiger partial charge in [0.1, 0.15) is 6.54 Å². The van der Waals surface area contributed by atoms with Crippen LogP contribution in [0.2, 0.25) is 0 Å². The molecule has 0 spiro atoms. The molecule has 0 aromatic heterocycles. The molecule has 0 rings (SSSR count). The fourth-order valence-corrected chi connectivity index (χ4v) is 1.37. The highest BCUT2D eigenvalue weighted by molar-refractivity contribution is 5.84. The molecule has 21 heavy (non-hydrogen) atoms. The van der Waals surface area contributed by atoms with E-state index in [1.54, 1.807) is 14.1 Å². The van der Waals surface area contributed by atoms with Crippen molar-refractivity contribution in [3.63, 3.8) is 0 Å². The van der Waals surface area contributed by atoms with Gasteiger partial charge in [0, 0.05) is 33.8 Å². The van der Waals surface area contributed by atoms with Crippen molar-refractivity contribution in [1.29, 1.82) is 0 Å². The van der Waals surface area contributed by atoms with E-state index in [1.807, 2.05) is 0 Å². The fourth-order valence-electron chi connectivity index (χ4n) is 1.37. The van der Waals surface area contributed by atoms with Gasteiger partial charge in [-0.1, -0.05) is 20.8 Å². The van der Waals surface area contributed by atoms with Crippen LogP contribution in [0.3, 0.4) is 0 Å². The van der Waals surface area contributed by atoms with Crippen LogP contribution < -0.4 is 10.6 Å². The van der Waals surface area contributed by atoms with E-state index >= 15 is 0 Å². The first-order chi connectivity index (χ1) is 9.97. The van der Waals surface area contributed by atoms with Gasteiger partial charge in [0.05, 0.1) is 6.61 Å². The number of likely N-dealkylation sites (N-methyl/N-ethyl adjacent to an activating group) is 1. The number of nitrogens with zero attached hydrogens (tertiary/aromatic N) is 2. The molecular formula is C15H32N4O2. The number of amides is 1. The van der Waals surface area contributed by atoms with E-state index in [2.05, 4.69) is 36.4 Å². The minimum Gasteiger partial charge on any atom is -0.380 e. The lowest BCUT2D eigenvalue weighted by molar-refractivity contribution is -0.127.